The number of nitrogens with one attached hydrogen (secondary N) is 1. The van der Waals surface area contributed by atoms with Crippen LogP contribution in [0.25, 0.3) is 0 Å². The van der Waals surface area contributed by atoms with Crippen molar-refractivity contribution in [3.05, 3.63) is 35.5 Å². The molecular formula is C21H28ClN3O2S. The Morgan fingerprint density at radius 2 is 2.04 bits per heavy atom. The molecule has 2 aliphatic heterocycles. The van der Waals surface area contributed by atoms with Gasteiger partial charge in [0.1, 0.15) is 5.75 Å². The van der Waals surface area contributed by atoms with Gasteiger partial charge < -0.3 is 15.0 Å². The number of hydrogen-bond acceptors (Lipinski definition) is 5. The summed E-state index contributed by atoms with van der Waals surface area (Å²) in [5, 5.41) is 3.97. The van der Waals surface area contributed by atoms with E-state index in [1.54, 1.807) is 6.26 Å². The smallest absolute Gasteiger partial charge is 0.198 e. The van der Waals surface area contributed by atoms with Gasteiger partial charge in [0, 0.05) is 41.2 Å². The quantitative estimate of drug-likeness (QED) is 0.762. The molecule has 28 heavy (non-hydrogen) atoms. The van der Waals surface area contributed by atoms with Crippen molar-refractivity contribution >= 4 is 28.4 Å². The van der Waals surface area contributed by atoms with Crippen molar-refractivity contribution in [2.45, 2.75) is 30.6 Å². The van der Waals surface area contributed by atoms with E-state index in [-0.39, 0.29) is 0 Å². The fourth-order valence-corrected chi connectivity index (χ4v) is 4.98. The number of piperidine rings is 1. The molecule has 0 amide bonds. The van der Waals surface area contributed by atoms with Crippen molar-refractivity contribution in [2.75, 3.05) is 32.5 Å². The van der Waals surface area contributed by atoms with Crippen molar-refractivity contribution in [2.24, 2.45) is 22.7 Å². The van der Waals surface area contributed by atoms with Crippen LogP contribution in [0.3, 0.4) is 0 Å². The number of likely N-dealkylation sites (tertiary alicyclic amines) is 1. The summed E-state index contributed by atoms with van der Waals surface area (Å²) in [5.41, 5.74) is 0. The highest BCUT2D eigenvalue weighted by molar-refractivity contribution is 7.84. The normalized spacial score (nSPS) is 26.1. The van der Waals surface area contributed by atoms with Crippen molar-refractivity contribution in [1.29, 1.82) is 0 Å². The topological polar surface area (TPSA) is 53.9 Å². The second-order valence-corrected chi connectivity index (χ2v) is 9.79. The molecule has 1 aliphatic carbocycles. The summed E-state index contributed by atoms with van der Waals surface area (Å²) in [4.78, 5) is 7.71. The van der Waals surface area contributed by atoms with E-state index in [9.17, 15) is 4.21 Å². The Kier molecular flexibility index (Phi) is 6.26. The third-order valence-electron chi connectivity index (χ3n) is 6.07. The number of aliphatic imine (C=N–C) groups is 1. The Morgan fingerprint density at radius 1 is 1.29 bits per heavy atom. The Balaban J connectivity index is 1.15. The Hall–Kier alpha value is -1.53. The van der Waals surface area contributed by atoms with Gasteiger partial charge in [-0.3, -0.25) is 4.21 Å². The van der Waals surface area contributed by atoms with Crippen LogP contribution in [0.5, 0.6) is 5.75 Å². The van der Waals surface area contributed by atoms with Gasteiger partial charge in [-0.25, -0.2) is 4.99 Å². The highest BCUT2D eigenvalue weighted by Crippen LogP contribution is 2.49. The molecule has 1 saturated carbocycles. The molecule has 0 bridgehead atoms. The lowest BCUT2D eigenvalue weighted by molar-refractivity contribution is 0.228. The molecule has 152 valence electrons. The first kappa shape index (κ1) is 19.8. The highest BCUT2D eigenvalue weighted by atomic mass is 35.5. The predicted octanol–water partition coefficient (Wildman–Crippen LogP) is 3.58. The molecular weight excluding hydrogens is 394 g/mol. The predicted molar refractivity (Wildman–Crippen MR) is 114 cm³/mol. The van der Waals surface area contributed by atoms with Crippen LogP contribution in [0.15, 0.2) is 45.4 Å². The molecule has 1 aromatic carbocycles. The summed E-state index contributed by atoms with van der Waals surface area (Å²) in [5.74, 6) is 4.36. The Labute approximate surface area is 174 Å². The van der Waals surface area contributed by atoms with Crippen LogP contribution >= 0.6 is 11.6 Å². The van der Waals surface area contributed by atoms with E-state index < -0.39 is 10.8 Å². The summed E-state index contributed by atoms with van der Waals surface area (Å²) in [6, 6.07) is 7.60. The molecule has 1 saturated heterocycles. The van der Waals surface area contributed by atoms with E-state index in [0.717, 1.165) is 65.5 Å². The minimum Gasteiger partial charge on any atom is -0.494 e. The molecule has 3 unspecified atom stereocenters. The van der Waals surface area contributed by atoms with Gasteiger partial charge in [0.25, 0.3) is 0 Å². The highest BCUT2D eigenvalue weighted by Gasteiger charge is 2.43. The van der Waals surface area contributed by atoms with Crippen LogP contribution < -0.4 is 10.1 Å². The number of benzene rings is 1. The van der Waals surface area contributed by atoms with Gasteiger partial charge >= 0.3 is 0 Å². The maximum Gasteiger partial charge on any atom is 0.198 e. The summed E-state index contributed by atoms with van der Waals surface area (Å²) in [7, 11) is -0.933. The Morgan fingerprint density at radius 3 is 2.68 bits per heavy atom. The standard InChI is InChI=1S/C21H28ClN3O2S/c1-28(26)19-4-2-18(3-5-19)27-11-8-16-12-20(16)15-6-9-25(10-7-15)21-23-13-17(22)14-24-21/h2-5,13,15-16,20H,6-12,14H2,1H3,(H,23,24). The van der Waals surface area contributed by atoms with E-state index in [0.29, 0.717) is 6.54 Å². The van der Waals surface area contributed by atoms with Gasteiger partial charge in [0.2, 0.25) is 0 Å². The van der Waals surface area contributed by atoms with Crippen LogP contribution in [-0.4, -0.2) is 47.6 Å². The number of guanidine groups is 1. The number of hydrogen-bond donors (Lipinski definition) is 1. The minimum atomic E-state index is -0.933. The molecule has 0 radical (unpaired) electrons. The lowest BCUT2D eigenvalue weighted by atomic mass is 9.90. The van der Waals surface area contributed by atoms with Gasteiger partial charge in [-0.1, -0.05) is 11.6 Å². The lowest BCUT2D eigenvalue weighted by Gasteiger charge is -2.35. The molecule has 1 N–H and O–H groups in total. The summed E-state index contributed by atoms with van der Waals surface area (Å²) < 4.78 is 17.3. The molecule has 4 rings (SSSR count). The molecule has 2 fully saturated rings. The zero-order valence-corrected chi connectivity index (χ0v) is 17.8. The summed E-state index contributed by atoms with van der Waals surface area (Å²) in [6.07, 6.45) is 8.51. The second kappa shape index (κ2) is 8.87. The van der Waals surface area contributed by atoms with Crippen molar-refractivity contribution in [3.8, 4) is 5.75 Å². The molecule has 0 aromatic heterocycles. The molecule has 2 heterocycles. The van der Waals surface area contributed by atoms with Gasteiger partial charge in [0.15, 0.2) is 5.96 Å². The van der Waals surface area contributed by atoms with Crippen molar-refractivity contribution in [1.82, 2.24) is 10.2 Å². The number of rotatable bonds is 6. The van der Waals surface area contributed by atoms with Crippen molar-refractivity contribution < 1.29 is 8.95 Å². The van der Waals surface area contributed by atoms with E-state index in [4.69, 9.17) is 16.3 Å². The van der Waals surface area contributed by atoms with Gasteiger partial charge in [0.05, 0.1) is 18.2 Å². The van der Waals surface area contributed by atoms with Crippen molar-refractivity contribution in [3.63, 3.8) is 0 Å². The van der Waals surface area contributed by atoms with E-state index in [1.165, 1.54) is 19.3 Å². The van der Waals surface area contributed by atoms with Crippen LogP contribution in [0.2, 0.25) is 0 Å². The number of halogens is 1. The third-order valence-corrected chi connectivity index (χ3v) is 7.24. The largest absolute Gasteiger partial charge is 0.494 e. The number of ether oxygens (including phenoxy) is 1. The first-order valence-electron chi connectivity index (χ1n) is 10.1. The molecule has 1 aromatic rings. The average Bonchev–Trinajstić information content (AvgIpc) is 3.49. The first-order chi connectivity index (χ1) is 13.6. The van der Waals surface area contributed by atoms with Gasteiger partial charge in [-0.15, -0.1) is 0 Å². The maximum absolute atomic E-state index is 11.4. The van der Waals surface area contributed by atoms with Crippen LogP contribution in [0.4, 0.5) is 0 Å². The fraction of sp³-hybridized carbons (Fsp3) is 0.571. The zero-order valence-electron chi connectivity index (χ0n) is 16.3. The van der Waals surface area contributed by atoms with E-state index >= 15 is 0 Å². The fourth-order valence-electron chi connectivity index (χ4n) is 4.35. The van der Waals surface area contributed by atoms with Crippen LogP contribution in [0.1, 0.15) is 25.7 Å². The zero-order chi connectivity index (χ0) is 19.5. The third kappa shape index (κ3) is 4.90. The second-order valence-electron chi connectivity index (χ2n) is 7.92. The van der Waals surface area contributed by atoms with E-state index in [1.807, 2.05) is 30.5 Å². The monoisotopic (exact) mass is 421 g/mol. The maximum atomic E-state index is 11.4. The van der Waals surface area contributed by atoms with Gasteiger partial charge in [-0.05, 0) is 67.7 Å². The molecule has 0 spiro atoms. The number of nitrogens with zero attached hydrogens (tertiary/aromatic N) is 2. The van der Waals surface area contributed by atoms with Crippen LogP contribution in [0, 0.1) is 17.8 Å². The van der Waals surface area contributed by atoms with Gasteiger partial charge in [-0.2, -0.15) is 0 Å². The molecule has 7 heteroatoms. The van der Waals surface area contributed by atoms with Crippen LogP contribution in [-0.2, 0) is 10.8 Å². The SMILES string of the molecule is CS(=O)c1ccc(OCCC2CC2C2CCN(C3=NCC(Cl)=CN3)CC2)cc1. The average molecular weight is 422 g/mol. The Bertz CT molecular complexity index is 772. The lowest BCUT2D eigenvalue weighted by Crippen LogP contribution is -2.45. The van der Waals surface area contributed by atoms with E-state index in [2.05, 4.69) is 15.2 Å². The summed E-state index contributed by atoms with van der Waals surface area (Å²) >= 11 is 5.96. The first-order valence-corrected chi connectivity index (χ1v) is 12.0. The minimum absolute atomic E-state index is 0.591. The molecule has 5 nitrogen and oxygen atoms in total. The molecule has 3 aliphatic rings. The summed E-state index contributed by atoms with van der Waals surface area (Å²) in [6.45, 7) is 3.51. The molecule has 3 atom stereocenters.